The fraction of sp³-hybridized carbons (Fsp3) is 0.833. The SMILES string of the molecule is CCC#CCCO[Si](CC)(CC)CC. The highest BCUT2D eigenvalue weighted by molar-refractivity contribution is 6.73. The summed E-state index contributed by atoms with van der Waals surface area (Å²) < 4.78 is 6.06. The highest BCUT2D eigenvalue weighted by Crippen LogP contribution is 2.21. The molecular formula is C12H24OSi. The molecule has 2 heteroatoms. The van der Waals surface area contributed by atoms with Crippen molar-refractivity contribution in [2.75, 3.05) is 6.61 Å². The molecule has 0 spiro atoms. The molecule has 82 valence electrons. The third-order valence-electron chi connectivity index (χ3n) is 2.87. The van der Waals surface area contributed by atoms with Crippen LogP contribution in [-0.2, 0) is 4.43 Å². The van der Waals surface area contributed by atoms with Gasteiger partial charge in [-0.25, -0.2) is 0 Å². The quantitative estimate of drug-likeness (QED) is 0.369. The van der Waals surface area contributed by atoms with Gasteiger partial charge in [0, 0.05) is 19.4 Å². The van der Waals surface area contributed by atoms with E-state index in [0.29, 0.717) is 0 Å². The first-order valence-electron chi connectivity index (χ1n) is 5.84. The monoisotopic (exact) mass is 212 g/mol. The van der Waals surface area contributed by atoms with Crippen molar-refractivity contribution in [2.45, 2.75) is 58.7 Å². The maximum absolute atomic E-state index is 6.06. The third-order valence-corrected chi connectivity index (χ3v) is 7.55. The van der Waals surface area contributed by atoms with E-state index in [1.165, 1.54) is 18.1 Å². The molecule has 0 aromatic heterocycles. The Kier molecular flexibility index (Phi) is 7.93. The number of rotatable bonds is 6. The fourth-order valence-electron chi connectivity index (χ4n) is 1.59. The van der Waals surface area contributed by atoms with Crippen molar-refractivity contribution in [3.05, 3.63) is 0 Å². The second-order valence-corrected chi connectivity index (χ2v) is 8.33. The average molecular weight is 212 g/mol. The molecule has 1 nitrogen and oxygen atoms in total. The van der Waals surface area contributed by atoms with Crippen molar-refractivity contribution in [2.24, 2.45) is 0 Å². The molecule has 0 fully saturated rings. The van der Waals surface area contributed by atoms with E-state index >= 15 is 0 Å². The van der Waals surface area contributed by atoms with Gasteiger partial charge in [0.1, 0.15) is 0 Å². The topological polar surface area (TPSA) is 9.23 Å². The smallest absolute Gasteiger partial charge is 0.192 e. The Morgan fingerprint density at radius 1 is 0.929 bits per heavy atom. The standard InChI is InChI=1S/C12H24OSi/c1-5-9-10-11-12-13-14(6-2,7-3)8-4/h5-8,11-12H2,1-4H3. The van der Waals surface area contributed by atoms with Gasteiger partial charge in [0.05, 0.1) is 0 Å². The predicted octanol–water partition coefficient (Wildman–Crippen LogP) is 3.81. The summed E-state index contributed by atoms with van der Waals surface area (Å²) in [5.74, 6) is 6.20. The third kappa shape index (κ3) is 4.83. The lowest BCUT2D eigenvalue weighted by molar-refractivity contribution is 0.308. The molecular weight excluding hydrogens is 188 g/mol. The molecule has 0 saturated carbocycles. The van der Waals surface area contributed by atoms with Crippen LogP contribution in [0.3, 0.4) is 0 Å². The molecule has 0 bridgehead atoms. The maximum Gasteiger partial charge on any atom is 0.192 e. The van der Waals surface area contributed by atoms with E-state index in [1.807, 2.05) is 0 Å². The lowest BCUT2D eigenvalue weighted by Gasteiger charge is -2.27. The molecule has 0 heterocycles. The molecule has 0 saturated heterocycles. The number of hydrogen-bond donors (Lipinski definition) is 0. The van der Waals surface area contributed by atoms with Gasteiger partial charge in [-0.15, -0.1) is 11.8 Å². The van der Waals surface area contributed by atoms with Crippen LogP contribution in [0.1, 0.15) is 40.5 Å². The molecule has 0 rings (SSSR count). The zero-order valence-corrected chi connectivity index (χ0v) is 11.2. The summed E-state index contributed by atoms with van der Waals surface area (Å²) in [5, 5.41) is 0. The van der Waals surface area contributed by atoms with E-state index in [9.17, 15) is 0 Å². The molecule has 0 aromatic carbocycles. The zero-order chi connectivity index (χ0) is 10.9. The molecule has 0 aliphatic heterocycles. The summed E-state index contributed by atoms with van der Waals surface area (Å²) in [6.07, 6.45) is 1.86. The molecule has 0 aromatic rings. The van der Waals surface area contributed by atoms with Crippen LogP contribution in [0.2, 0.25) is 18.1 Å². The van der Waals surface area contributed by atoms with Crippen LogP contribution in [0.25, 0.3) is 0 Å². The summed E-state index contributed by atoms with van der Waals surface area (Å²) in [5.41, 5.74) is 0. The van der Waals surface area contributed by atoms with Crippen LogP contribution in [0.15, 0.2) is 0 Å². The first kappa shape index (κ1) is 13.7. The van der Waals surface area contributed by atoms with Crippen molar-refractivity contribution in [1.29, 1.82) is 0 Å². The molecule has 0 N–H and O–H groups in total. The van der Waals surface area contributed by atoms with Gasteiger partial charge in [-0.2, -0.15) is 0 Å². The summed E-state index contributed by atoms with van der Waals surface area (Å²) in [6, 6.07) is 3.71. The lowest BCUT2D eigenvalue weighted by Crippen LogP contribution is -2.35. The van der Waals surface area contributed by atoms with Crippen LogP contribution in [-0.4, -0.2) is 14.9 Å². The van der Waals surface area contributed by atoms with Gasteiger partial charge < -0.3 is 4.43 Å². The average Bonchev–Trinajstić information content (AvgIpc) is 2.24. The zero-order valence-electron chi connectivity index (χ0n) is 10.2. The Labute approximate surface area is 90.4 Å². The largest absolute Gasteiger partial charge is 0.416 e. The summed E-state index contributed by atoms with van der Waals surface area (Å²) in [7, 11) is -1.35. The fourth-order valence-corrected chi connectivity index (χ4v) is 4.24. The van der Waals surface area contributed by atoms with Crippen LogP contribution >= 0.6 is 0 Å². The van der Waals surface area contributed by atoms with E-state index in [0.717, 1.165) is 19.4 Å². The highest BCUT2D eigenvalue weighted by Gasteiger charge is 2.27. The Balaban J connectivity index is 3.82. The van der Waals surface area contributed by atoms with Crippen molar-refractivity contribution >= 4 is 8.32 Å². The van der Waals surface area contributed by atoms with E-state index in [-0.39, 0.29) is 0 Å². The van der Waals surface area contributed by atoms with Crippen molar-refractivity contribution < 1.29 is 4.43 Å². The molecule has 14 heavy (non-hydrogen) atoms. The molecule has 0 unspecified atom stereocenters. The first-order valence-corrected chi connectivity index (χ1v) is 8.37. The van der Waals surface area contributed by atoms with Crippen molar-refractivity contribution in [3.8, 4) is 11.8 Å². The lowest BCUT2D eigenvalue weighted by atomic mass is 10.4. The van der Waals surface area contributed by atoms with Gasteiger partial charge in [-0.3, -0.25) is 0 Å². The Morgan fingerprint density at radius 3 is 1.93 bits per heavy atom. The molecule has 0 aliphatic rings. The summed E-state index contributed by atoms with van der Waals surface area (Å²) >= 11 is 0. The Hall–Kier alpha value is -0.263. The summed E-state index contributed by atoms with van der Waals surface area (Å²) in [6.45, 7) is 9.70. The van der Waals surface area contributed by atoms with Gasteiger partial charge in [0.25, 0.3) is 0 Å². The van der Waals surface area contributed by atoms with Crippen molar-refractivity contribution in [1.82, 2.24) is 0 Å². The minimum atomic E-state index is -1.35. The molecule has 0 amide bonds. The van der Waals surface area contributed by atoms with Gasteiger partial charge >= 0.3 is 0 Å². The normalized spacial score (nSPS) is 10.9. The second-order valence-electron chi connectivity index (χ2n) is 3.55. The highest BCUT2D eigenvalue weighted by atomic mass is 28.4. The van der Waals surface area contributed by atoms with E-state index in [4.69, 9.17) is 4.43 Å². The van der Waals surface area contributed by atoms with Crippen LogP contribution < -0.4 is 0 Å². The van der Waals surface area contributed by atoms with Crippen LogP contribution in [0, 0.1) is 11.8 Å². The first-order chi connectivity index (χ1) is 6.74. The van der Waals surface area contributed by atoms with E-state index < -0.39 is 8.32 Å². The van der Waals surface area contributed by atoms with E-state index in [2.05, 4.69) is 39.5 Å². The Morgan fingerprint density at radius 2 is 1.50 bits per heavy atom. The predicted molar refractivity (Wildman–Crippen MR) is 65.8 cm³/mol. The van der Waals surface area contributed by atoms with Gasteiger partial charge in [0.2, 0.25) is 0 Å². The minimum Gasteiger partial charge on any atom is -0.416 e. The van der Waals surface area contributed by atoms with Gasteiger partial charge in [-0.1, -0.05) is 27.7 Å². The minimum absolute atomic E-state index is 0.842. The summed E-state index contributed by atoms with van der Waals surface area (Å²) in [4.78, 5) is 0. The second kappa shape index (κ2) is 8.08. The number of hydrogen-bond acceptors (Lipinski definition) is 1. The van der Waals surface area contributed by atoms with Crippen LogP contribution in [0.5, 0.6) is 0 Å². The van der Waals surface area contributed by atoms with Crippen LogP contribution in [0.4, 0.5) is 0 Å². The van der Waals surface area contributed by atoms with E-state index in [1.54, 1.807) is 0 Å². The van der Waals surface area contributed by atoms with Gasteiger partial charge in [-0.05, 0) is 18.1 Å². The molecule has 0 atom stereocenters. The molecule has 0 radical (unpaired) electrons. The molecule has 0 aliphatic carbocycles. The van der Waals surface area contributed by atoms with Crippen molar-refractivity contribution in [3.63, 3.8) is 0 Å². The Bertz CT molecular complexity index is 178. The van der Waals surface area contributed by atoms with Gasteiger partial charge in [0.15, 0.2) is 8.32 Å². The maximum atomic E-state index is 6.06.